The molecule has 0 amide bonds. The molecule has 0 atom stereocenters. The smallest absolute Gasteiger partial charge is 0.141 e. The van der Waals surface area contributed by atoms with Crippen LogP contribution in [0.2, 0.25) is 0 Å². The molecule has 0 aliphatic rings. The van der Waals surface area contributed by atoms with Gasteiger partial charge in [-0.25, -0.2) is 4.98 Å². The van der Waals surface area contributed by atoms with Crippen molar-refractivity contribution in [3.05, 3.63) is 164 Å². The van der Waals surface area contributed by atoms with Crippen LogP contribution < -0.4 is 0 Å². The van der Waals surface area contributed by atoms with E-state index in [1.807, 2.05) is 24.5 Å². The van der Waals surface area contributed by atoms with Crippen LogP contribution in [0, 0.1) is 0 Å². The molecular weight excluding hydrogens is 639 g/mol. The largest absolute Gasteiger partial charge is 0.456 e. The molecule has 0 radical (unpaired) electrons. The third-order valence-electron chi connectivity index (χ3n) is 10.8. The molecule has 242 valence electrons. The number of nitrogens with zero attached hydrogens (tertiary/aromatic N) is 5. The lowest BCUT2D eigenvalue weighted by Gasteiger charge is -2.11. The normalized spacial score (nSPS) is 12.2. The Hall–Kier alpha value is -7.18. The molecule has 0 fully saturated rings. The minimum absolute atomic E-state index is 0.793. The molecule has 6 heteroatoms. The van der Waals surface area contributed by atoms with Gasteiger partial charge in [0.05, 0.1) is 33.1 Å². The fourth-order valence-electron chi connectivity index (χ4n) is 8.55. The number of fused-ring (bicyclic) bond motifs is 12. The van der Waals surface area contributed by atoms with Crippen LogP contribution in [0.4, 0.5) is 0 Å². The average molecular weight is 666 g/mol. The molecule has 0 spiro atoms. The van der Waals surface area contributed by atoms with E-state index in [4.69, 9.17) is 9.40 Å². The molecule has 0 N–H and O–H groups in total. The minimum atomic E-state index is 0.793. The summed E-state index contributed by atoms with van der Waals surface area (Å²) in [4.78, 5) is 9.26. The van der Waals surface area contributed by atoms with E-state index in [1.165, 1.54) is 49.0 Å². The van der Waals surface area contributed by atoms with Gasteiger partial charge in [-0.3, -0.25) is 9.55 Å². The van der Waals surface area contributed by atoms with Gasteiger partial charge >= 0.3 is 0 Å². The molecular formula is C46H27N5O. The van der Waals surface area contributed by atoms with Crippen molar-refractivity contribution in [3.8, 4) is 17.2 Å². The van der Waals surface area contributed by atoms with Crippen LogP contribution in [0.5, 0.6) is 0 Å². The second kappa shape index (κ2) is 10.2. The number of hydrogen-bond acceptors (Lipinski definition) is 3. The van der Waals surface area contributed by atoms with Crippen molar-refractivity contribution in [2.24, 2.45) is 0 Å². The van der Waals surface area contributed by atoms with E-state index < -0.39 is 0 Å². The van der Waals surface area contributed by atoms with Crippen LogP contribution >= 0.6 is 0 Å². The van der Waals surface area contributed by atoms with Gasteiger partial charge in [-0.05, 0) is 66.7 Å². The van der Waals surface area contributed by atoms with Gasteiger partial charge in [-0.1, -0.05) is 72.8 Å². The Bertz CT molecular complexity index is 3380. The summed E-state index contributed by atoms with van der Waals surface area (Å²) in [5.74, 6) is 0.813. The van der Waals surface area contributed by atoms with Crippen LogP contribution in [0.1, 0.15) is 0 Å². The van der Waals surface area contributed by atoms with Gasteiger partial charge in [-0.2, -0.15) is 0 Å². The van der Waals surface area contributed by atoms with Gasteiger partial charge in [0.15, 0.2) is 0 Å². The van der Waals surface area contributed by atoms with Crippen molar-refractivity contribution in [3.63, 3.8) is 0 Å². The molecule has 0 saturated heterocycles. The number of hydrogen-bond donors (Lipinski definition) is 0. The molecule has 6 aromatic heterocycles. The Morgan fingerprint density at radius 1 is 0.365 bits per heavy atom. The summed E-state index contributed by atoms with van der Waals surface area (Å²) >= 11 is 0. The predicted octanol–water partition coefficient (Wildman–Crippen LogP) is 11.7. The Morgan fingerprint density at radius 2 is 0.827 bits per heavy atom. The van der Waals surface area contributed by atoms with E-state index in [2.05, 4.69) is 152 Å². The summed E-state index contributed by atoms with van der Waals surface area (Å²) in [5.41, 5.74) is 10.8. The molecule has 12 aromatic rings. The van der Waals surface area contributed by atoms with Crippen molar-refractivity contribution in [2.45, 2.75) is 0 Å². The van der Waals surface area contributed by atoms with Crippen molar-refractivity contribution >= 4 is 87.4 Å². The standard InChI is InChI=1S/C46H27N5O/c1-5-13-38-30(9-1)31-10-2-6-14-39(31)49(38)28-17-19-42-34(23-28)32-11-3-7-15-40(32)50(42)29-18-20-43-35(24-29)33-12-4-8-16-41(33)51(43)46-25-45-37(27-48-46)36-26-47-22-21-44(36)52-45/h1-27H. The fraction of sp³-hybridized carbons (Fsp3) is 0. The monoisotopic (exact) mass is 665 g/mol. The average Bonchev–Trinajstić information content (AvgIpc) is 3.93. The number of benzene rings is 6. The minimum Gasteiger partial charge on any atom is -0.456 e. The number of furan rings is 1. The lowest BCUT2D eigenvalue weighted by molar-refractivity contribution is 0.667. The van der Waals surface area contributed by atoms with Gasteiger partial charge in [0, 0.05) is 79.1 Å². The van der Waals surface area contributed by atoms with E-state index >= 15 is 0 Å². The molecule has 52 heavy (non-hydrogen) atoms. The van der Waals surface area contributed by atoms with Gasteiger partial charge in [0.1, 0.15) is 17.0 Å². The third-order valence-corrected chi connectivity index (χ3v) is 10.8. The highest BCUT2D eigenvalue weighted by atomic mass is 16.3. The summed E-state index contributed by atoms with van der Waals surface area (Å²) < 4.78 is 13.3. The van der Waals surface area contributed by atoms with E-state index in [0.717, 1.165) is 55.6 Å². The van der Waals surface area contributed by atoms with Crippen molar-refractivity contribution in [1.82, 2.24) is 23.7 Å². The number of pyridine rings is 2. The number of para-hydroxylation sites is 4. The molecule has 0 aliphatic heterocycles. The second-order valence-corrected chi connectivity index (χ2v) is 13.5. The summed E-state index contributed by atoms with van der Waals surface area (Å²) in [5, 5.41) is 9.23. The van der Waals surface area contributed by atoms with Crippen LogP contribution in [0.25, 0.3) is 105 Å². The SMILES string of the molecule is c1ccc2c(c1)c1ccccc1n2-c1ccc2c(c1)c1ccccc1n2-c1ccc2c(c1)c1ccccc1n2-c1cc2oc3ccncc3c2cn1. The molecule has 0 bridgehead atoms. The van der Waals surface area contributed by atoms with E-state index in [9.17, 15) is 0 Å². The Balaban J connectivity index is 1.08. The molecule has 0 saturated carbocycles. The van der Waals surface area contributed by atoms with Gasteiger partial charge in [0.25, 0.3) is 0 Å². The van der Waals surface area contributed by atoms with Crippen LogP contribution in [0.3, 0.4) is 0 Å². The highest BCUT2D eigenvalue weighted by Gasteiger charge is 2.19. The number of aromatic nitrogens is 5. The molecule has 12 rings (SSSR count). The summed E-state index contributed by atoms with van der Waals surface area (Å²) in [6, 6.07) is 52.3. The number of rotatable bonds is 3. The van der Waals surface area contributed by atoms with Gasteiger partial charge < -0.3 is 13.6 Å². The zero-order valence-electron chi connectivity index (χ0n) is 27.7. The third kappa shape index (κ3) is 3.67. The molecule has 0 aliphatic carbocycles. The first-order valence-electron chi connectivity index (χ1n) is 17.5. The summed E-state index contributed by atoms with van der Waals surface area (Å²) in [6.07, 6.45) is 5.49. The van der Waals surface area contributed by atoms with Crippen LogP contribution in [0.15, 0.2) is 169 Å². The molecule has 0 unspecified atom stereocenters. The van der Waals surface area contributed by atoms with E-state index in [1.54, 1.807) is 6.20 Å². The fourth-order valence-corrected chi connectivity index (χ4v) is 8.55. The van der Waals surface area contributed by atoms with Gasteiger partial charge in [0.2, 0.25) is 0 Å². The zero-order chi connectivity index (χ0) is 33.9. The van der Waals surface area contributed by atoms with Crippen LogP contribution in [-0.4, -0.2) is 23.7 Å². The Labute approximate surface area is 296 Å². The Morgan fingerprint density at radius 3 is 1.40 bits per heavy atom. The molecule has 6 heterocycles. The van der Waals surface area contributed by atoms with Crippen molar-refractivity contribution in [1.29, 1.82) is 0 Å². The molecule has 6 aromatic carbocycles. The summed E-state index contributed by atoms with van der Waals surface area (Å²) in [6.45, 7) is 0. The molecule has 6 nitrogen and oxygen atoms in total. The lowest BCUT2D eigenvalue weighted by Crippen LogP contribution is -1.98. The highest BCUT2D eigenvalue weighted by Crippen LogP contribution is 2.39. The second-order valence-electron chi connectivity index (χ2n) is 13.5. The quantitative estimate of drug-likeness (QED) is 0.189. The van der Waals surface area contributed by atoms with Crippen molar-refractivity contribution < 1.29 is 4.42 Å². The maximum atomic E-state index is 6.24. The van der Waals surface area contributed by atoms with Gasteiger partial charge in [-0.15, -0.1) is 0 Å². The maximum absolute atomic E-state index is 6.24. The first-order chi connectivity index (χ1) is 25.8. The summed E-state index contributed by atoms with van der Waals surface area (Å²) in [7, 11) is 0. The van der Waals surface area contributed by atoms with Crippen LogP contribution in [-0.2, 0) is 0 Å². The van der Waals surface area contributed by atoms with E-state index in [-0.39, 0.29) is 0 Å². The highest BCUT2D eigenvalue weighted by molar-refractivity contribution is 6.14. The van der Waals surface area contributed by atoms with Crippen molar-refractivity contribution in [2.75, 3.05) is 0 Å². The van der Waals surface area contributed by atoms with E-state index in [0.29, 0.717) is 0 Å². The predicted molar refractivity (Wildman–Crippen MR) is 212 cm³/mol. The maximum Gasteiger partial charge on any atom is 0.141 e. The first kappa shape index (κ1) is 27.6. The Kier molecular flexibility index (Phi) is 5.41. The first-order valence-corrected chi connectivity index (χ1v) is 17.5. The zero-order valence-corrected chi connectivity index (χ0v) is 27.7. The lowest BCUT2D eigenvalue weighted by atomic mass is 10.1. The topological polar surface area (TPSA) is 53.7 Å².